The molecule has 1 aromatic rings. The summed E-state index contributed by atoms with van der Waals surface area (Å²) in [5.74, 6) is -1.23. The minimum atomic E-state index is -0.732. The summed E-state index contributed by atoms with van der Waals surface area (Å²) in [5, 5.41) is 0. The van der Waals surface area contributed by atoms with Crippen molar-refractivity contribution in [2.45, 2.75) is 0 Å². The third kappa shape index (κ3) is 1.52. The van der Waals surface area contributed by atoms with E-state index in [0.29, 0.717) is 0 Å². The van der Waals surface area contributed by atoms with Gasteiger partial charge < -0.3 is 19.9 Å². The Morgan fingerprint density at radius 1 is 1.44 bits per heavy atom. The Balaban J connectivity index is 2.61. The van der Waals surface area contributed by atoms with Gasteiger partial charge in [-0.3, -0.25) is 0 Å². The van der Waals surface area contributed by atoms with Crippen molar-refractivity contribution < 1.29 is 23.4 Å². The number of esters is 1. The molecule has 0 atom stereocenters. The molecule has 1 heterocycles. The average Bonchev–Trinajstić information content (AvgIpc) is 2.33. The Hall–Kier alpha value is -1.98. The number of carbonyl (C=O) groups is 1. The number of fused-ring (bicyclic) bond motifs is 1. The lowest BCUT2D eigenvalue weighted by Crippen LogP contribution is -2.20. The zero-order chi connectivity index (χ0) is 11.7. The number of benzene rings is 1. The highest BCUT2D eigenvalue weighted by Crippen LogP contribution is 2.40. The summed E-state index contributed by atoms with van der Waals surface area (Å²) >= 11 is 0. The van der Waals surface area contributed by atoms with Gasteiger partial charge in [-0.15, -0.1) is 0 Å². The van der Waals surface area contributed by atoms with Crippen LogP contribution in [0.25, 0.3) is 0 Å². The van der Waals surface area contributed by atoms with Crippen molar-refractivity contribution in [3.8, 4) is 11.5 Å². The lowest BCUT2D eigenvalue weighted by atomic mass is 10.1. The second-order valence-electron chi connectivity index (χ2n) is 3.17. The fraction of sp³-hybridized carbons (Fsp3) is 0.300. The van der Waals surface area contributed by atoms with Gasteiger partial charge in [0.15, 0.2) is 17.3 Å². The zero-order valence-corrected chi connectivity index (χ0v) is 8.58. The van der Waals surface area contributed by atoms with Crippen molar-refractivity contribution in [1.82, 2.24) is 0 Å². The van der Waals surface area contributed by atoms with Crippen molar-refractivity contribution in [2.24, 2.45) is 0 Å². The monoisotopic (exact) mass is 227 g/mol. The summed E-state index contributed by atoms with van der Waals surface area (Å²) in [6.07, 6.45) is 0. The Kier molecular flexibility index (Phi) is 2.55. The molecule has 16 heavy (non-hydrogen) atoms. The number of nitrogen functional groups attached to an aromatic ring is 1. The van der Waals surface area contributed by atoms with E-state index in [1.165, 1.54) is 7.11 Å². The smallest absolute Gasteiger partial charge is 0.341 e. The lowest BCUT2D eigenvalue weighted by Gasteiger charge is -2.21. The van der Waals surface area contributed by atoms with Gasteiger partial charge in [0.25, 0.3) is 0 Å². The number of methoxy groups -OCH3 is 1. The van der Waals surface area contributed by atoms with E-state index in [1.807, 2.05) is 0 Å². The molecule has 0 unspecified atom stereocenters. The molecule has 0 saturated heterocycles. The molecule has 1 aliphatic heterocycles. The van der Waals surface area contributed by atoms with Crippen LogP contribution in [-0.4, -0.2) is 26.3 Å². The van der Waals surface area contributed by atoms with E-state index in [-0.39, 0.29) is 36.0 Å². The first-order chi connectivity index (χ1) is 7.65. The van der Waals surface area contributed by atoms with Gasteiger partial charge in [0.2, 0.25) is 0 Å². The molecule has 2 rings (SSSR count). The number of hydrogen-bond donors (Lipinski definition) is 1. The van der Waals surface area contributed by atoms with Gasteiger partial charge in [0.1, 0.15) is 24.5 Å². The van der Waals surface area contributed by atoms with Crippen LogP contribution in [-0.2, 0) is 4.74 Å². The predicted octanol–water partition coefficient (Wildman–Crippen LogP) is 0.966. The highest BCUT2D eigenvalue weighted by Gasteiger charge is 2.26. The Morgan fingerprint density at radius 3 is 2.69 bits per heavy atom. The van der Waals surface area contributed by atoms with Crippen molar-refractivity contribution in [1.29, 1.82) is 0 Å². The quantitative estimate of drug-likeness (QED) is 0.571. The fourth-order valence-corrected chi connectivity index (χ4v) is 1.46. The predicted molar refractivity (Wildman–Crippen MR) is 53.1 cm³/mol. The molecular weight excluding hydrogens is 217 g/mol. The van der Waals surface area contributed by atoms with E-state index in [2.05, 4.69) is 4.74 Å². The maximum absolute atomic E-state index is 13.4. The van der Waals surface area contributed by atoms with Crippen LogP contribution in [0.5, 0.6) is 11.5 Å². The molecule has 2 N–H and O–H groups in total. The van der Waals surface area contributed by atoms with E-state index < -0.39 is 11.8 Å². The number of halogens is 1. The van der Waals surface area contributed by atoms with Crippen molar-refractivity contribution in [2.75, 3.05) is 26.1 Å². The number of hydrogen-bond acceptors (Lipinski definition) is 5. The van der Waals surface area contributed by atoms with Crippen molar-refractivity contribution in [3.05, 3.63) is 17.4 Å². The minimum absolute atomic E-state index is 0.0242. The van der Waals surface area contributed by atoms with Gasteiger partial charge in [0.05, 0.1) is 7.11 Å². The third-order valence-electron chi connectivity index (χ3n) is 2.21. The summed E-state index contributed by atoms with van der Waals surface area (Å²) in [7, 11) is 1.20. The number of rotatable bonds is 1. The Labute approximate surface area is 90.9 Å². The van der Waals surface area contributed by atoms with Gasteiger partial charge >= 0.3 is 5.97 Å². The van der Waals surface area contributed by atoms with Gasteiger partial charge in [-0.2, -0.15) is 0 Å². The molecule has 1 aliphatic rings. The molecule has 0 amide bonds. The third-order valence-corrected chi connectivity index (χ3v) is 2.21. The lowest BCUT2D eigenvalue weighted by molar-refractivity contribution is 0.0590. The molecule has 6 heteroatoms. The van der Waals surface area contributed by atoms with E-state index >= 15 is 0 Å². The number of carbonyl (C=O) groups excluding carboxylic acids is 1. The van der Waals surface area contributed by atoms with E-state index in [0.717, 1.165) is 6.07 Å². The maximum Gasteiger partial charge on any atom is 0.341 e. The summed E-state index contributed by atoms with van der Waals surface area (Å²) in [6.45, 7) is 0.545. The molecule has 0 aromatic heterocycles. The first-order valence-corrected chi connectivity index (χ1v) is 4.61. The van der Waals surface area contributed by atoms with Crippen LogP contribution in [0.2, 0.25) is 0 Å². The molecular formula is C10H10FNO4. The SMILES string of the molecule is COC(=O)c1cc(F)c(N)c2c1OCCO2. The second-order valence-corrected chi connectivity index (χ2v) is 3.17. The van der Waals surface area contributed by atoms with Crippen LogP contribution in [0, 0.1) is 5.82 Å². The fourth-order valence-electron chi connectivity index (χ4n) is 1.46. The van der Waals surface area contributed by atoms with E-state index in [4.69, 9.17) is 15.2 Å². The van der Waals surface area contributed by atoms with Crippen molar-refractivity contribution >= 4 is 11.7 Å². The van der Waals surface area contributed by atoms with Crippen LogP contribution in [0.4, 0.5) is 10.1 Å². The number of nitrogens with two attached hydrogens (primary N) is 1. The number of ether oxygens (including phenoxy) is 3. The average molecular weight is 227 g/mol. The van der Waals surface area contributed by atoms with Gasteiger partial charge in [-0.05, 0) is 6.07 Å². The molecule has 0 fully saturated rings. The summed E-state index contributed by atoms with van der Waals surface area (Å²) in [6, 6.07) is 0.981. The van der Waals surface area contributed by atoms with Gasteiger partial charge in [-0.1, -0.05) is 0 Å². The Bertz CT molecular complexity index is 447. The zero-order valence-electron chi connectivity index (χ0n) is 8.58. The van der Waals surface area contributed by atoms with E-state index in [1.54, 1.807) is 0 Å². The van der Waals surface area contributed by atoms with Crippen LogP contribution in [0.15, 0.2) is 6.07 Å². The highest BCUT2D eigenvalue weighted by molar-refractivity contribution is 5.95. The van der Waals surface area contributed by atoms with Crippen LogP contribution < -0.4 is 15.2 Å². The van der Waals surface area contributed by atoms with Crippen LogP contribution >= 0.6 is 0 Å². The molecule has 0 spiro atoms. The first-order valence-electron chi connectivity index (χ1n) is 4.61. The molecule has 1 aromatic carbocycles. The first kappa shape index (κ1) is 10.5. The molecule has 0 radical (unpaired) electrons. The van der Waals surface area contributed by atoms with E-state index in [9.17, 15) is 9.18 Å². The molecule has 0 aliphatic carbocycles. The topological polar surface area (TPSA) is 70.8 Å². The van der Waals surface area contributed by atoms with Crippen LogP contribution in [0.1, 0.15) is 10.4 Å². The summed E-state index contributed by atoms with van der Waals surface area (Å²) in [4.78, 5) is 11.4. The normalized spacial score (nSPS) is 13.4. The minimum Gasteiger partial charge on any atom is -0.485 e. The maximum atomic E-state index is 13.4. The van der Waals surface area contributed by atoms with Crippen molar-refractivity contribution in [3.63, 3.8) is 0 Å². The standard InChI is InChI=1S/C10H10FNO4/c1-14-10(13)5-4-6(11)7(12)9-8(5)15-2-3-16-9/h4H,2-3,12H2,1H3. The summed E-state index contributed by atoms with van der Waals surface area (Å²) in [5.41, 5.74) is 5.29. The Morgan fingerprint density at radius 2 is 2.06 bits per heavy atom. The van der Waals surface area contributed by atoms with Gasteiger partial charge in [-0.25, -0.2) is 9.18 Å². The van der Waals surface area contributed by atoms with Crippen LogP contribution in [0.3, 0.4) is 0 Å². The largest absolute Gasteiger partial charge is 0.485 e. The summed E-state index contributed by atoms with van der Waals surface area (Å²) < 4.78 is 28.3. The molecule has 0 bridgehead atoms. The molecule has 0 saturated carbocycles. The molecule has 86 valence electrons. The van der Waals surface area contributed by atoms with Gasteiger partial charge in [0, 0.05) is 0 Å². The second kappa shape index (κ2) is 3.88. The number of anilines is 1. The highest BCUT2D eigenvalue weighted by atomic mass is 19.1. The molecule has 5 nitrogen and oxygen atoms in total.